The SMILES string of the molecule is Cc1c(C)c(C)c(S(=O)(=O)N2CCN(C(=O)c3ncccn3)CC2)c(C)c1C. The second kappa shape index (κ2) is 7.60. The predicted octanol–water partition coefficient (Wildman–Crippen LogP) is 2.17. The summed E-state index contributed by atoms with van der Waals surface area (Å²) >= 11 is 0. The van der Waals surface area contributed by atoms with Gasteiger partial charge in [0, 0.05) is 38.6 Å². The Labute approximate surface area is 166 Å². The summed E-state index contributed by atoms with van der Waals surface area (Å²) in [4.78, 5) is 22.5. The number of rotatable bonds is 3. The lowest BCUT2D eigenvalue weighted by Gasteiger charge is -2.34. The molecule has 2 heterocycles. The van der Waals surface area contributed by atoms with Gasteiger partial charge < -0.3 is 4.90 Å². The molecule has 150 valence electrons. The Kier molecular flexibility index (Phi) is 5.54. The van der Waals surface area contributed by atoms with Gasteiger partial charge in [0.05, 0.1) is 4.90 Å². The highest BCUT2D eigenvalue weighted by Gasteiger charge is 2.33. The van der Waals surface area contributed by atoms with Crippen LogP contribution < -0.4 is 0 Å². The van der Waals surface area contributed by atoms with E-state index in [4.69, 9.17) is 0 Å². The fourth-order valence-electron chi connectivity index (χ4n) is 3.66. The summed E-state index contributed by atoms with van der Waals surface area (Å²) in [5.41, 5.74) is 4.76. The average molecular weight is 403 g/mol. The van der Waals surface area contributed by atoms with Crippen molar-refractivity contribution in [1.29, 1.82) is 0 Å². The molecule has 1 aromatic heterocycles. The van der Waals surface area contributed by atoms with E-state index in [9.17, 15) is 13.2 Å². The Morgan fingerprint density at radius 2 is 1.29 bits per heavy atom. The number of hydrogen-bond donors (Lipinski definition) is 0. The summed E-state index contributed by atoms with van der Waals surface area (Å²) in [6.45, 7) is 10.8. The molecule has 1 fully saturated rings. The molecule has 0 spiro atoms. The molecule has 0 N–H and O–H groups in total. The summed E-state index contributed by atoms with van der Waals surface area (Å²) in [5.74, 6) is -0.137. The zero-order chi connectivity index (χ0) is 20.6. The number of piperazine rings is 1. The Bertz CT molecular complexity index is 982. The minimum Gasteiger partial charge on any atom is -0.333 e. The Balaban J connectivity index is 1.84. The van der Waals surface area contributed by atoms with Crippen molar-refractivity contribution in [2.24, 2.45) is 0 Å². The average Bonchev–Trinajstić information content (AvgIpc) is 2.71. The maximum Gasteiger partial charge on any atom is 0.291 e. The molecule has 28 heavy (non-hydrogen) atoms. The van der Waals surface area contributed by atoms with E-state index < -0.39 is 10.0 Å². The number of carbonyl (C=O) groups excluding carboxylic acids is 1. The number of sulfonamides is 1. The first-order valence-corrected chi connectivity index (χ1v) is 10.7. The van der Waals surface area contributed by atoms with Crippen molar-refractivity contribution < 1.29 is 13.2 Å². The van der Waals surface area contributed by atoms with Crippen LogP contribution in [0.15, 0.2) is 23.4 Å². The molecule has 3 rings (SSSR count). The van der Waals surface area contributed by atoms with Crippen LogP contribution in [0.5, 0.6) is 0 Å². The highest BCUT2D eigenvalue weighted by atomic mass is 32.2. The second-order valence-corrected chi connectivity index (χ2v) is 9.10. The lowest BCUT2D eigenvalue weighted by Crippen LogP contribution is -2.51. The van der Waals surface area contributed by atoms with Gasteiger partial charge >= 0.3 is 0 Å². The normalized spacial score (nSPS) is 15.7. The highest BCUT2D eigenvalue weighted by molar-refractivity contribution is 7.89. The third-order valence-corrected chi connectivity index (χ3v) is 7.99. The van der Waals surface area contributed by atoms with Gasteiger partial charge in [-0.15, -0.1) is 0 Å². The van der Waals surface area contributed by atoms with E-state index in [0.717, 1.165) is 27.8 Å². The zero-order valence-corrected chi connectivity index (χ0v) is 17.8. The predicted molar refractivity (Wildman–Crippen MR) is 107 cm³/mol. The van der Waals surface area contributed by atoms with Crippen molar-refractivity contribution in [3.8, 4) is 0 Å². The summed E-state index contributed by atoms with van der Waals surface area (Å²) in [6.07, 6.45) is 3.04. The van der Waals surface area contributed by atoms with Gasteiger partial charge in [0.15, 0.2) is 0 Å². The van der Waals surface area contributed by atoms with E-state index in [0.29, 0.717) is 18.0 Å². The number of carbonyl (C=O) groups is 1. The second-order valence-electron chi connectivity index (χ2n) is 7.22. The molecule has 1 aliphatic rings. The van der Waals surface area contributed by atoms with E-state index in [1.54, 1.807) is 11.0 Å². The molecule has 0 saturated carbocycles. The van der Waals surface area contributed by atoms with Gasteiger partial charge in [0.1, 0.15) is 0 Å². The first kappa shape index (κ1) is 20.4. The van der Waals surface area contributed by atoms with Gasteiger partial charge in [0.2, 0.25) is 15.8 Å². The summed E-state index contributed by atoms with van der Waals surface area (Å²) in [6, 6.07) is 1.65. The van der Waals surface area contributed by atoms with Crippen LogP contribution in [0.1, 0.15) is 38.4 Å². The van der Waals surface area contributed by atoms with Gasteiger partial charge in [-0.05, 0) is 68.5 Å². The minimum atomic E-state index is -3.63. The van der Waals surface area contributed by atoms with Crippen molar-refractivity contribution in [2.45, 2.75) is 39.5 Å². The topological polar surface area (TPSA) is 83.5 Å². The maximum absolute atomic E-state index is 13.4. The molecule has 0 unspecified atom stereocenters. The fraction of sp³-hybridized carbons (Fsp3) is 0.450. The molecule has 0 radical (unpaired) electrons. The van der Waals surface area contributed by atoms with Gasteiger partial charge in [-0.25, -0.2) is 18.4 Å². The number of nitrogens with zero attached hydrogens (tertiary/aromatic N) is 4. The lowest BCUT2D eigenvalue weighted by atomic mass is 9.95. The Morgan fingerprint density at radius 3 is 1.79 bits per heavy atom. The molecule has 0 aliphatic carbocycles. The van der Waals surface area contributed by atoms with E-state index >= 15 is 0 Å². The van der Waals surface area contributed by atoms with Crippen LogP contribution in [0.4, 0.5) is 0 Å². The van der Waals surface area contributed by atoms with Crippen LogP contribution in [-0.4, -0.2) is 59.7 Å². The van der Waals surface area contributed by atoms with Crippen molar-refractivity contribution in [2.75, 3.05) is 26.2 Å². The van der Waals surface area contributed by atoms with Crippen LogP contribution in [-0.2, 0) is 10.0 Å². The van der Waals surface area contributed by atoms with E-state index in [1.165, 1.54) is 16.7 Å². The molecular formula is C20H26N4O3S. The molecule has 7 nitrogen and oxygen atoms in total. The smallest absolute Gasteiger partial charge is 0.291 e. The van der Waals surface area contributed by atoms with Crippen LogP contribution >= 0.6 is 0 Å². The summed E-state index contributed by atoms with van der Waals surface area (Å²) in [5, 5.41) is 0. The van der Waals surface area contributed by atoms with Gasteiger partial charge in [-0.3, -0.25) is 4.79 Å². The van der Waals surface area contributed by atoms with Crippen molar-refractivity contribution in [1.82, 2.24) is 19.2 Å². The van der Waals surface area contributed by atoms with E-state index in [2.05, 4.69) is 9.97 Å². The first-order valence-electron chi connectivity index (χ1n) is 9.29. The van der Waals surface area contributed by atoms with Gasteiger partial charge in [0.25, 0.3) is 5.91 Å². The standard InChI is InChI=1S/C20H26N4O3S/c1-13-14(2)16(4)18(17(5)15(13)3)28(26,27)24-11-9-23(10-12-24)20(25)19-21-7-6-8-22-19/h6-8H,9-12H2,1-5H3. The van der Waals surface area contributed by atoms with Crippen LogP contribution in [0.25, 0.3) is 0 Å². The third kappa shape index (κ3) is 3.42. The van der Waals surface area contributed by atoms with Crippen molar-refractivity contribution in [3.05, 3.63) is 52.1 Å². The van der Waals surface area contributed by atoms with E-state index in [1.807, 2.05) is 34.6 Å². The molecule has 2 aromatic rings. The van der Waals surface area contributed by atoms with Crippen LogP contribution in [0.2, 0.25) is 0 Å². The molecule has 8 heteroatoms. The van der Waals surface area contributed by atoms with Gasteiger partial charge in [-0.2, -0.15) is 4.31 Å². The third-order valence-electron chi connectivity index (χ3n) is 5.81. The zero-order valence-electron chi connectivity index (χ0n) is 17.0. The molecule has 1 aromatic carbocycles. The summed E-state index contributed by atoms with van der Waals surface area (Å²) < 4.78 is 28.3. The summed E-state index contributed by atoms with van der Waals surface area (Å²) in [7, 11) is -3.63. The first-order chi connectivity index (χ1) is 13.2. The van der Waals surface area contributed by atoms with E-state index in [-0.39, 0.29) is 24.8 Å². The fourth-order valence-corrected chi connectivity index (χ4v) is 5.65. The molecule has 0 bridgehead atoms. The molecule has 1 saturated heterocycles. The van der Waals surface area contributed by atoms with Crippen LogP contribution in [0, 0.1) is 34.6 Å². The quantitative estimate of drug-likeness (QED) is 0.786. The Hall–Kier alpha value is -2.32. The van der Waals surface area contributed by atoms with Gasteiger partial charge in [-0.1, -0.05) is 0 Å². The largest absolute Gasteiger partial charge is 0.333 e. The molecular weight excluding hydrogens is 376 g/mol. The number of hydrogen-bond acceptors (Lipinski definition) is 5. The number of benzene rings is 1. The molecule has 1 aliphatic heterocycles. The molecule has 0 atom stereocenters. The lowest BCUT2D eigenvalue weighted by molar-refractivity contribution is 0.0685. The Morgan fingerprint density at radius 1 is 0.821 bits per heavy atom. The highest BCUT2D eigenvalue weighted by Crippen LogP contribution is 2.31. The molecule has 1 amide bonds. The minimum absolute atomic E-state index is 0.135. The van der Waals surface area contributed by atoms with Crippen LogP contribution in [0.3, 0.4) is 0 Å². The van der Waals surface area contributed by atoms with Crippen molar-refractivity contribution in [3.63, 3.8) is 0 Å². The number of aromatic nitrogens is 2. The maximum atomic E-state index is 13.4. The number of amides is 1. The monoisotopic (exact) mass is 402 g/mol. The van der Waals surface area contributed by atoms with Crippen molar-refractivity contribution >= 4 is 15.9 Å².